The molecule has 0 aromatic carbocycles. The van der Waals surface area contributed by atoms with E-state index in [0.717, 1.165) is 18.9 Å². The van der Waals surface area contributed by atoms with Gasteiger partial charge in [-0.1, -0.05) is 0 Å². The van der Waals surface area contributed by atoms with Gasteiger partial charge < -0.3 is 20.2 Å². The second-order valence-electron chi connectivity index (χ2n) is 6.30. The van der Waals surface area contributed by atoms with Crippen molar-refractivity contribution >= 4 is 0 Å². The molecule has 1 saturated heterocycles. The van der Waals surface area contributed by atoms with E-state index < -0.39 is 0 Å². The van der Waals surface area contributed by atoms with Gasteiger partial charge in [-0.25, -0.2) is 0 Å². The van der Waals surface area contributed by atoms with Gasteiger partial charge in [-0.15, -0.1) is 0 Å². The highest BCUT2D eigenvalue weighted by atomic mass is 16.3. The summed E-state index contributed by atoms with van der Waals surface area (Å²) in [6.07, 6.45) is 3.93. The summed E-state index contributed by atoms with van der Waals surface area (Å²) in [7, 11) is 1.93. The fourth-order valence-electron chi connectivity index (χ4n) is 2.55. The van der Waals surface area contributed by atoms with Crippen LogP contribution in [0.15, 0.2) is 0 Å². The molecule has 1 unspecified atom stereocenters. The van der Waals surface area contributed by atoms with Crippen molar-refractivity contribution < 1.29 is 5.11 Å². The van der Waals surface area contributed by atoms with Crippen LogP contribution in [0, 0.1) is 5.92 Å². The SMILES string of the molecule is CNC(C)(CO)CCN1CCN(CC2CC2)CC1. The van der Waals surface area contributed by atoms with Crippen LogP contribution >= 0.6 is 0 Å². The van der Waals surface area contributed by atoms with Crippen LogP contribution in [0.5, 0.6) is 0 Å². The van der Waals surface area contributed by atoms with Gasteiger partial charge in [0, 0.05) is 44.8 Å². The molecule has 4 heteroatoms. The van der Waals surface area contributed by atoms with Crippen LogP contribution in [-0.4, -0.2) is 73.4 Å². The standard InChI is InChI=1S/C14H29N3O/c1-14(12-18,15-2)5-6-16-7-9-17(10-8-16)11-13-3-4-13/h13,15,18H,3-12H2,1-2H3. The molecular weight excluding hydrogens is 226 g/mol. The van der Waals surface area contributed by atoms with E-state index in [-0.39, 0.29) is 12.1 Å². The lowest BCUT2D eigenvalue weighted by atomic mass is 9.99. The fourth-order valence-corrected chi connectivity index (χ4v) is 2.55. The second kappa shape index (κ2) is 6.33. The molecule has 2 aliphatic rings. The summed E-state index contributed by atoms with van der Waals surface area (Å²) in [5.74, 6) is 1.01. The summed E-state index contributed by atoms with van der Waals surface area (Å²) in [6.45, 7) is 9.57. The Balaban J connectivity index is 1.63. The van der Waals surface area contributed by atoms with Crippen molar-refractivity contribution in [2.24, 2.45) is 5.92 Å². The Morgan fingerprint density at radius 1 is 1.17 bits per heavy atom. The molecule has 0 bridgehead atoms. The highest BCUT2D eigenvalue weighted by Crippen LogP contribution is 2.29. The third kappa shape index (κ3) is 4.19. The summed E-state index contributed by atoms with van der Waals surface area (Å²) >= 11 is 0. The highest BCUT2D eigenvalue weighted by molar-refractivity contribution is 4.84. The van der Waals surface area contributed by atoms with Crippen molar-refractivity contribution in [3.05, 3.63) is 0 Å². The number of nitrogens with zero attached hydrogens (tertiary/aromatic N) is 2. The Bertz CT molecular complexity index is 243. The minimum absolute atomic E-state index is 0.120. The molecular formula is C14H29N3O. The van der Waals surface area contributed by atoms with Gasteiger partial charge >= 0.3 is 0 Å². The molecule has 1 aliphatic heterocycles. The first-order chi connectivity index (χ1) is 8.65. The summed E-state index contributed by atoms with van der Waals surface area (Å²) in [5.41, 5.74) is -0.120. The average molecular weight is 255 g/mol. The molecule has 0 spiro atoms. The third-order valence-corrected chi connectivity index (χ3v) is 4.61. The van der Waals surface area contributed by atoms with Crippen molar-refractivity contribution in [1.82, 2.24) is 15.1 Å². The minimum Gasteiger partial charge on any atom is -0.394 e. The number of aliphatic hydroxyl groups excluding tert-OH is 1. The van der Waals surface area contributed by atoms with E-state index in [1.807, 2.05) is 7.05 Å². The molecule has 1 saturated carbocycles. The van der Waals surface area contributed by atoms with Gasteiger partial charge in [-0.3, -0.25) is 0 Å². The molecule has 1 atom stereocenters. The number of likely N-dealkylation sites (N-methyl/N-ethyl adjacent to an activating group) is 1. The first-order valence-corrected chi connectivity index (χ1v) is 7.40. The van der Waals surface area contributed by atoms with Crippen molar-refractivity contribution in [3.63, 3.8) is 0 Å². The normalized spacial score (nSPS) is 26.2. The molecule has 106 valence electrons. The van der Waals surface area contributed by atoms with Crippen LogP contribution in [0.3, 0.4) is 0 Å². The van der Waals surface area contributed by atoms with Crippen LogP contribution in [-0.2, 0) is 0 Å². The third-order valence-electron chi connectivity index (χ3n) is 4.61. The zero-order valence-electron chi connectivity index (χ0n) is 12.0. The van der Waals surface area contributed by atoms with E-state index >= 15 is 0 Å². The van der Waals surface area contributed by atoms with E-state index in [9.17, 15) is 5.11 Å². The van der Waals surface area contributed by atoms with Gasteiger partial charge in [0.05, 0.1) is 6.61 Å². The van der Waals surface area contributed by atoms with E-state index in [0.29, 0.717) is 0 Å². The number of nitrogens with one attached hydrogen (secondary N) is 1. The zero-order valence-corrected chi connectivity index (χ0v) is 12.0. The lowest BCUT2D eigenvalue weighted by Gasteiger charge is -2.37. The lowest BCUT2D eigenvalue weighted by molar-refractivity contribution is 0.106. The monoisotopic (exact) mass is 255 g/mol. The molecule has 4 nitrogen and oxygen atoms in total. The van der Waals surface area contributed by atoms with E-state index in [4.69, 9.17) is 0 Å². The first kappa shape index (κ1) is 14.3. The summed E-state index contributed by atoms with van der Waals surface area (Å²) in [4.78, 5) is 5.16. The van der Waals surface area contributed by atoms with Gasteiger partial charge in [0.15, 0.2) is 0 Å². The van der Waals surface area contributed by atoms with Crippen molar-refractivity contribution in [1.29, 1.82) is 0 Å². The number of hydrogen-bond acceptors (Lipinski definition) is 4. The molecule has 18 heavy (non-hydrogen) atoms. The molecule has 0 radical (unpaired) electrons. The number of hydrogen-bond donors (Lipinski definition) is 2. The summed E-state index contributed by atoms with van der Waals surface area (Å²) in [5, 5.41) is 12.6. The topological polar surface area (TPSA) is 38.7 Å². The predicted molar refractivity (Wildman–Crippen MR) is 74.8 cm³/mol. The van der Waals surface area contributed by atoms with Crippen molar-refractivity contribution in [2.45, 2.75) is 31.7 Å². The average Bonchev–Trinajstić information content (AvgIpc) is 3.21. The van der Waals surface area contributed by atoms with Gasteiger partial charge in [-0.05, 0) is 39.2 Å². The Hall–Kier alpha value is -0.160. The van der Waals surface area contributed by atoms with Gasteiger partial charge in [0.25, 0.3) is 0 Å². The van der Waals surface area contributed by atoms with E-state index in [1.165, 1.54) is 45.6 Å². The largest absolute Gasteiger partial charge is 0.394 e. The Labute approximate surface area is 111 Å². The maximum absolute atomic E-state index is 9.37. The predicted octanol–water partition coefficient (Wildman–Crippen LogP) is 0.375. The molecule has 0 aromatic rings. The molecule has 2 rings (SSSR count). The van der Waals surface area contributed by atoms with Gasteiger partial charge in [-0.2, -0.15) is 0 Å². The lowest BCUT2D eigenvalue weighted by Crippen LogP contribution is -2.50. The second-order valence-corrected chi connectivity index (χ2v) is 6.30. The molecule has 1 aliphatic carbocycles. The van der Waals surface area contributed by atoms with Crippen LogP contribution in [0.2, 0.25) is 0 Å². The Morgan fingerprint density at radius 2 is 1.78 bits per heavy atom. The summed E-state index contributed by atoms with van der Waals surface area (Å²) < 4.78 is 0. The van der Waals surface area contributed by atoms with Gasteiger partial charge in [0.2, 0.25) is 0 Å². The van der Waals surface area contributed by atoms with E-state index in [2.05, 4.69) is 22.0 Å². The highest BCUT2D eigenvalue weighted by Gasteiger charge is 2.27. The van der Waals surface area contributed by atoms with Crippen LogP contribution in [0.4, 0.5) is 0 Å². The van der Waals surface area contributed by atoms with Crippen LogP contribution in [0.1, 0.15) is 26.2 Å². The molecule has 2 fully saturated rings. The molecule has 2 N–H and O–H groups in total. The summed E-state index contributed by atoms with van der Waals surface area (Å²) in [6, 6.07) is 0. The smallest absolute Gasteiger partial charge is 0.0610 e. The quantitative estimate of drug-likeness (QED) is 0.690. The van der Waals surface area contributed by atoms with Crippen LogP contribution in [0.25, 0.3) is 0 Å². The zero-order chi connectivity index (χ0) is 13.0. The molecule has 1 heterocycles. The first-order valence-electron chi connectivity index (χ1n) is 7.40. The fraction of sp³-hybridized carbons (Fsp3) is 1.00. The number of piperazine rings is 1. The Kier molecular flexibility index (Phi) is 5.01. The van der Waals surface area contributed by atoms with Gasteiger partial charge in [0.1, 0.15) is 0 Å². The van der Waals surface area contributed by atoms with E-state index in [1.54, 1.807) is 0 Å². The Morgan fingerprint density at radius 3 is 2.28 bits per heavy atom. The van der Waals surface area contributed by atoms with Crippen LogP contribution < -0.4 is 5.32 Å². The van der Waals surface area contributed by atoms with Crippen molar-refractivity contribution in [2.75, 3.05) is 52.9 Å². The number of aliphatic hydroxyl groups is 1. The van der Waals surface area contributed by atoms with Crippen molar-refractivity contribution in [3.8, 4) is 0 Å². The maximum atomic E-state index is 9.37. The molecule has 0 amide bonds. The maximum Gasteiger partial charge on any atom is 0.0610 e. The number of rotatable bonds is 7. The minimum atomic E-state index is -0.120. The molecule has 0 aromatic heterocycles.